The van der Waals surface area contributed by atoms with Gasteiger partial charge in [-0.3, -0.25) is 67.3 Å². The van der Waals surface area contributed by atoms with Crippen molar-refractivity contribution in [3.63, 3.8) is 0 Å². The van der Waals surface area contributed by atoms with E-state index in [-0.39, 0.29) is 51.2 Å². The second kappa shape index (κ2) is 39.9. The first kappa shape index (κ1) is 81.4. The summed E-state index contributed by atoms with van der Waals surface area (Å²) >= 11 is 0. The first-order chi connectivity index (χ1) is 45.6. The Bertz CT molecular complexity index is 3070. The number of aromatic amines is 1. The molecule has 97 heavy (non-hydrogen) atoms. The summed E-state index contributed by atoms with van der Waals surface area (Å²) in [5.74, 6) is -15.5. The second-order valence-electron chi connectivity index (χ2n) is 24.9. The predicted molar refractivity (Wildman–Crippen MR) is 351 cm³/mol. The largest absolute Gasteiger partial charge is 0.480 e. The van der Waals surface area contributed by atoms with E-state index in [2.05, 4.69) is 73.4 Å². The lowest BCUT2D eigenvalue weighted by molar-refractivity contribution is -0.143. The van der Waals surface area contributed by atoms with E-state index in [4.69, 9.17) is 22.9 Å². The first-order valence-electron chi connectivity index (χ1n) is 32.2. The first-order valence-corrected chi connectivity index (χ1v) is 32.2. The summed E-state index contributed by atoms with van der Waals surface area (Å²) in [6.07, 6.45) is 2.67. The minimum atomic E-state index is -1.72. The molecule has 1 aliphatic heterocycles. The molecule has 3 rings (SSSR count). The van der Waals surface area contributed by atoms with Crippen LogP contribution in [0.2, 0.25) is 0 Å². The molecule has 35 nitrogen and oxygen atoms in total. The molecule has 0 saturated carbocycles. The van der Waals surface area contributed by atoms with Crippen molar-refractivity contribution in [3.8, 4) is 0 Å². The van der Waals surface area contributed by atoms with Crippen LogP contribution < -0.4 is 81.4 Å². The highest BCUT2D eigenvalue weighted by Gasteiger charge is 2.41. The Morgan fingerprint density at radius 2 is 1.08 bits per heavy atom. The monoisotopic (exact) mass is 1370 g/mol. The minimum absolute atomic E-state index is 0.0577. The number of carboxylic acids is 1. The van der Waals surface area contributed by atoms with Crippen molar-refractivity contribution >= 4 is 88.7 Å². The number of H-pyrrole nitrogens is 1. The van der Waals surface area contributed by atoms with E-state index in [1.807, 2.05) is 0 Å². The molecule has 2 heterocycles. The number of aromatic nitrogens is 2. The van der Waals surface area contributed by atoms with Gasteiger partial charge in [-0.15, -0.1) is 0 Å². The summed E-state index contributed by atoms with van der Waals surface area (Å²) in [5, 5.41) is 47.7. The van der Waals surface area contributed by atoms with Gasteiger partial charge in [0.05, 0.1) is 25.9 Å². The van der Waals surface area contributed by atoms with Gasteiger partial charge in [-0.2, -0.15) is 0 Å². The molecule has 1 fully saturated rings. The predicted octanol–water partition coefficient (Wildman–Crippen LogP) is -5.46. The quantitative estimate of drug-likeness (QED) is 0.0168. The number of carbonyl (C=O) groups is 14. The number of primary amides is 1. The van der Waals surface area contributed by atoms with Gasteiger partial charge in [0.2, 0.25) is 76.8 Å². The fraction of sp³-hybridized carbons (Fsp3) is 0.613. The normalized spacial score (nSPS) is 16.5. The molecular formula is C62H99N19O16. The third-order valence-electron chi connectivity index (χ3n) is 16.0. The summed E-state index contributed by atoms with van der Waals surface area (Å²) in [6.45, 7) is 14.4. The number of benzene rings is 1. The minimum Gasteiger partial charge on any atom is -0.480 e. The highest BCUT2D eigenvalue weighted by atomic mass is 16.4. The van der Waals surface area contributed by atoms with Crippen LogP contribution in [0.1, 0.15) is 119 Å². The third-order valence-corrected chi connectivity index (χ3v) is 16.0. The summed E-state index contributed by atoms with van der Waals surface area (Å²) < 4.78 is 0. The number of nitrogens with two attached hydrogens (primary N) is 4. The van der Waals surface area contributed by atoms with Crippen LogP contribution in [-0.4, -0.2) is 213 Å². The molecule has 0 spiro atoms. The molecule has 1 aromatic heterocycles. The Labute approximate surface area is 562 Å². The van der Waals surface area contributed by atoms with Gasteiger partial charge in [0.1, 0.15) is 72.5 Å². The fourth-order valence-corrected chi connectivity index (χ4v) is 10.2. The van der Waals surface area contributed by atoms with Gasteiger partial charge in [-0.1, -0.05) is 92.1 Å². The summed E-state index contributed by atoms with van der Waals surface area (Å²) in [5.41, 5.74) is 22.6. The van der Waals surface area contributed by atoms with E-state index in [1.54, 1.807) is 85.7 Å². The maximum absolute atomic E-state index is 14.4. The van der Waals surface area contributed by atoms with Gasteiger partial charge >= 0.3 is 5.97 Å². The van der Waals surface area contributed by atoms with Crippen LogP contribution in [0.3, 0.4) is 0 Å². The van der Waals surface area contributed by atoms with Gasteiger partial charge in [0, 0.05) is 37.8 Å². The smallest absolute Gasteiger partial charge is 0.326 e. The highest BCUT2D eigenvalue weighted by molar-refractivity contribution is 6.00. The molecule has 1 saturated heterocycles. The second-order valence-corrected chi connectivity index (χ2v) is 24.9. The van der Waals surface area contributed by atoms with Gasteiger partial charge in [0.15, 0.2) is 5.96 Å². The molecule has 13 atom stereocenters. The zero-order valence-corrected chi connectivity index (χ0v) is 56.5. The molecule has 35 heteroatoms. The average Bonchev–Trinajstić information content (AvgIpc) is 1.80. The van der Waals surface area contributed by atoms with E-state index >= 15 is 0 Å². The number of guanidine groups is 1. The number of aliphatic hydroxyl groups is 1. The molecule has 2 aromatic rings. The van der Waals surface area contributed by atoms with Crippen molar-refractivity contribution in [2.45, 2.75) is 193 Å². The van der Waals surface area contributed by atoms with E-state index in [0.29, 0.717) is 24.1 Å². The number of aliphatic hydroxyl groups excluding tert-OH is 1. The molecule has 0 radical (unpaired) electrons. The zero-order valence-electron chi connectivity index (χ0n) is 56.5. The Hall–Kier alpha value is -9.80. The van der Waals surface area contributed by atoms with Gasteiger partial charge < -0.3 is 102 Å². The number of rotatable bonds is 40. The van der Waals surface area contributed by atoms with Gasteiger partial charge in [0.25, 0.3) is 0 Å². The van der Waals surface area contributed by atoms with Crippen LogP contribution in [0.4, 0.5) is 0 Å². The van der Waals surface area contributed by atoms with Crippen LogP contribution in [0.15, 0.2) is 47.8 Å². The number of hydrogen-bond donors (Lipinski definition) is 18. The Morgan fingerprint density at radius 3 is 1.58 bits per heavy atom. The molecule has 13 amide bonds. The summed E-state index contributed by atoms with van der Waals surface area (Å²) in [6, 6.07) is -8.04. The number of carbonyl (C=O) groups excluding carboxylic acids is 13. The van der Waals surface area contributed by atoms with Crippen molar-refractivity contribution in [3.05, 3.63) is 54.1 Å². The maximum Gasteiger partial charge on any atom is 0.326 e. The van der Waals surface area contributed by atoms with E-state index in [1.165, 1.54) is 31.3 Å². The van der Waals surface area contributed by atoms with Crippen LogP contribution in [0.5, 0.6) is 0 Å². The summed E-state index contributed by atoms with van der Waals surface area (Å²) in [7, 11) is 0. The molecule has 0 bridgehead atoms. The molecule has 538 valence electrons. The Kier molecular flexibility index (Phi) is 33.5. The Morgan fingerprint density at radius 1 is 0.598 bits per heavy atom. The number of amides is 13. The van der Waals surface area contributed by atoms with Crippen molar-refractivity contribution in [1.82, 2.24) is 73.4 Å². The number of imidazole rings is 1. The number of hydrogen-bond acceptors (Lipinski definition) is 18. The van der Waals surface area contributed by atoms with Crippen LogP contribution in [0, 0.1) is 23.7 Å². The van der Waals surface area contributed by atoms with Crippen molar-refractivity contribution in [2.24, 2.45) is 51.6 Å². The zero-order chi connectivity index (χ0) is 73.0. The average molecular weight is 1370 g/mol. The number of likely N-dealkylation sites (tertiary alicyclic amines) is 1. The third kappa shape index (κ3) is 26.4. The van der Waals surface area contributed by atoms with Crippen molar-refractivity contribution in [1.29, 1.82) is 0 Å². The van der Waals surface area contributed by atoms with Crippen molar-refractivity contribution < 1.29 is 77.3 Å². The fourth-order valence-electron chi connectivity index (χ4n) is 10.2. The number of aliphatic carboxylic acids is 1. The lowest BCUT2D eigenvalue weighted by Gasteiger charge is -2.30. The molecule has 1 aliphatic rings. The number of carboxylic acid groups (broad SMARTS) is 1. The molecule has 0 unspecified atom stereocenters. The van der Waals surface area contributed by atoms with Crippen LogP contribution in [0.25, 0.3) is 0 Å². The van der Waals surface area contributed by atoms with Gasteiger partial charge in [-0.25, -0.2) is 9.78 Å². The van der Waals surface area contributed by atoms with Crippen LogP contribution in [-0.2, 0) is 80.0 Å². The van der Waals surface area contributed by atoms with Crippen molar-refractivity contribution in [2.75, 3.05) is 26.2 Å². The lowest BCUT2D eigenvalue weighted by Crippen LogP contribution is -2.62. The van der Waals surface area contributed by atoms with Crippen LogP contribution >= 0.6 is 0 Å². The molecular weight excluding hydrogens is 1270 g/mol. The number of nitrogens with zero attached hydrogens (tertiary/aromatic N) is 3. The van der Waals surface area contributed by atoms with Gasteiger partial charge in [-0.05, 0) is 68.8 Å². The topological polar surface area (TPSA) is 560 Å². The number of nitrogens with one attached hydrogen (secondary N) is 12. The Balaban J connectivity index is 1.77. The number of aliphatic imine (C=N–C) groups is 1. The molecule has 22 N–H and O–H groups in total. The maximum atomic E-state index is 14.4. The highest BCUT2D eigenvalue weighted by Crippen LogP contribution is 2.20. The SMILES string of the molecule is CC[C@H](C)[C@H](NC(=O)[C@H](C)NC(=O)[C@@H]1CCCN1C(=O)[C@H](CO)NC(=O)CN)C(=O)N[C@@H](CC(N)=O)C(=O)N[C@H](C(=O)N[C@@H](C)C(=O)N[C@H](C(=O)N[C@@H](Cc1cnc[nH]1)C(=O)N[C@H](C(=O)N[C@@H](Cc1ccccc1)C(=O)N[C@@H](CCCN=C(N)N)C(=O)O)C(C)C)C(C)C)C(C)C. The summed E-state index contributed by atoms with van der Waals surface area (Å²) in [4.78, 5) is 202. The lowest BCUT2D eigenvalue weighted by atomic mass is 9.97. The van der Waals surface area contributed by atoms with E-state index in [0.717, 1.165) is 0 Å². The molecule has 0 aliphatic carbocycles. The van der Waals surface area contributed by atoms with E-state index in [9.17, 15) is 77.3 Å². The molecule has 1 aromatic carbocycles. The van der Waals surface area contributed by atoms with E-state index < -0.39 is 199 Å². The standard InChI is InChI=1S/C62H99N19O16/c1-11-33(8)49(80-51(86)34(9)70-55(90)43-20-16-22-81(43)60(95)42(28-82)72-45(84)26-63)59(94)76-41(25-44(64)83)54(89)78-46(30(2)3)56(91)71-35(10)50(85)77-47(31(4)5)57(92)75-40(24-37-27-67-29-69-37)53(88)79-48(32(6)7)58(93)74-39(23-36-17-13-12-14-18-36)52(87)73-38(61(96)97)19-15-21-68-62(65)66/h12-14,17-18,27,29-35,38-43,46-49,82H,11,15-16,19-26,28,63H2,1-10H3,(H2,64,83)(H,67,69)(H,70,90)(H,71,91)(H,72,84)(H,73,87)(H,74,93)(H,75,92)(H,76,94)(H,77,85)(H,78,89)(H,79,88)(H,80,86)(H,96,97)(H4,65,66,68)/t33-,34-,35-,38-,39-,40-,41-,42-,43-,46-,47-,48-,49-/m0/s1.